The third-order valence-corrected chi connectivity index (χ3v) is 6.43. The lowest BCUT2D eigenvalue weighted by atomic mass is 10.0. The molecular weight excluding hydrogens is 406 g/mol. The number of ether oxygens (including phenoxy) is 2. The molecular formula is C24H37N5O3. The van der Waals surface area contributed by atoms with Gasteiger partial charge in [-0.2, -0.15) is 0 Å². The molecule has 0 aromatic heterocycles. The molecule has 1 aromatic rings. The highest BCUT2D eigenvalue weighted by atomic mass is 16.5. The van der Waals surface area contributed by atoms with Gasteiger partial charge in [-0.25, -0.2) is 0 Å². The van der Waals surface area contributed by atoms with Crippen LogP contribution < -0.4 is 20.3 Å². The molecule has 1 amide bonds. The zero-order valence-electron chi connectivity index (χ0n) is 19.2. The molecule has 2 N–H and O–H groups in total. The predicted octanol–water partition coefficient (Wildman–Crippen LogP) is 1.86. The van der Waals surface area contributed by atoms with E-state index in [2.05, 4.69) is 22.5 Å². The molecule has 0 saturated carbocycles. The number of hydrogen-bond acceptors (Lipinski definition) is 5. The van der Waals surface area contributed by atoms with Crippen LogP contribution in [-0.4, -0.2) is 81.9 Å². The highest BCUT2D eigenvalue weighted by molar-refractivity contribution is 5.97. The predicted molar refractivity (Wildman–Crippen MR) is 126 cm³/mol. The molecule has 8 heteroatoms. The number of likely N-dealkylation sites (tertiary alicyclic amines) is 1. The number of amides is 1. The topological polar surface area (TPSA) is 78.4 Å². The lowest BCUT2D eigenvalue weighted by molar-refractivity contribution is -0.121. The first-order valence-corrected chi connectivity index (χ1v) is 12.1. The number of hydrogen-bond donors (Lipinski definition) is 2. The van der Waals surface area contributed by atoms with Crippen LogP contribution in [0.4, 0.5) is 5.69 Å². The van der Waals surface area contributed by atoms with E-state index in [0.29, 0.717) is 25.0 Å². The van der Waals surface area contributed by atoms with Gasteiger partial charge in [0.2, 0.25) is 0 Å². The fourth-order valence-electron chi connectivity index (χ4n) is 4.68. The van der Waals surface area contributed by atoms with Crippen molar-refractivity contribution in [3.8, 4) is 5.75 Å². The molecule has 2 fully saturated rings. The Morgan fingerprint density at radius 2 is 2.06 bits per heavy atom. The number of fused-ring (bicyclic) bond motifs is 1. The van der Waals surface area contributed by atoms with Gasteiger partial charge in [0.25, 0.3) is 5.91 Å². The van der Waals surface area contributed by atoms with E-state index in [1.165, 1.54) is 13.0 Å². The Hall–Kier alpha value is -2.32. The number of guanidine groups is 1. The van der Waals surface area contributed by atoms with E-state index in [-0.39, 0.29) is 12.5 Å². The van der Waals surface area contributed by atoms with Crippen molar-refractivity contribution in [2.24, 2.45) is 10.9 Å². The molecule has 0 bridgehead atoms. The molecule has 2 saturated heterocycles. The van der Waals surface area contributed by atoms with Gasteiger partial charge in [-0.15, -0.1) is 0 Å². The summed E-state index contributed by atoms with van der Waals surface area (Å²) >= 11 is 0. The summed E-state index contributed by atoms with van der Waals surface area (Å²) in [6.45, 7) is 9.64. The Morgan fingerprint density at radius 3 is 2.84 bits per heavy atom. The van der Waals surface area contributed by atoms with Crippen LogP contribution in [0.15, 0.2) is 29.3 Å². The number of nitrogens with one attached hydrogen (secondary N) is 2. The summed E-state index contributed by atoms with van der Waals surface area (Å²) in [7, 11) is 0. The molecule has 1 aromatic carbocycles. The normalized spacial score (nSPS) is 22.5. The van der Waals surface area contributed by atoms with Crippen LogP contribution in [0, 0.1) is 5.92 Å². The van der Waals surface area contributed by atoms with Crippen molar-refractivity contribution in [2.75, 3.05) is 64.0 Å². The lowest BCUT2D eigenvalue weighted by Crippen LogP contribution is -2.49. The second-order valence-electron chi connectivity index (χ2n) is 8.86. The number of rotatable bonds is 8. The Morgan fingerprint density at radius 1 is 1.22 bits per heavy atom. The van der Waals surface area contributed by atoms with Gasteiger partial charge in [0.1, 0.15) is 5.75 Å². The monoisotopic (exact) mass is 443 g/mol. The standard InChI is InChI=1S/C24H37N5O3/c1-2-25-24(27-20-8-13-28(14-9-20)16-19-10-15-31-17-19)26-11-5-12-29-21-6-3-4-7-22(21)32-18-23(29)30/h3-4,6-7,19-20H,2,5,8-18H2,1H3,(H2,25,26,27). The van der Waals surface area contributed by atoms with Crippen molar-refractivity contribution in [1.82, 2.24) is 15.5 Å². The van der Waals surface area contributed by atoms with E-state index in [4.69, 9.17) is 14.5 Å². The van der Waals surface area contributed by atoms with Gasteiger partial charge >= 0.3 is 0 Å². The largest absolute Gasteiger partial charge is 0.482 e. The fourth-order valence-corrected chi connectivity index (χ4v) is 4.68. The molecule has 3 heterocycles. The molecule has 176 valence electrons. The Bertz CT molecular complexity index is 773. The third-order valence-electron chi connectivity index (χ3n) is 6.43. The number of nitrogens with zero attached hydrogens (tertiary/aromatic N) is 3. The molecule has 3 aliphatic rings. The van der Waals surface area contributed by atoms with Crippen LogP contribution in [0.25, 0.3) is 0 Å². The minimum atomic E-state index is 0.00800. The number of carbonyl (C=O) groups excluding carboxylic acids is 1. The second kappa shape index (κ2) is 11.5. The van der Waals surface area contributed by atoms with Crippen LogP contribution in [-0.2, 0) is 9.53 Å². The van der Waals surface area contributed by atoms with Crippen LogP contribution in [0.5, 0.6) is 5.75 Å². The average Bonchev–Trinajstić information content (AvgIpc) is 3.32. The summed E-state index contributed by atoms with van der Waals surface area (Å²) in [5.41, 5.74) is 0.855. The van der Waals surface area contributed by atoms with E-state index >= 15 is 0 Å². The molecule has 0 aliphatic carbocycles. The third kappa shape index (κ3) is 6.13. The van der Waals surface area contributed by atoms with Gasteiger partial charge in [-0.3, -0.25) is 9.79 Å². The van der Waals surface area contributed by atoms with Gasteiger partial charge in [0.15, 0.2) is 12.6 Å². The molecule has 32 heavy (non-hydrogen) atoms. The summed E-state index contributed by atoms with van der Waals surface area (Å²) in [6.07, 6.45) is 4.28. The molecule has 0 radical (unpaired) electrons. The van der Waals surface area contributed by atoms with Crippen LogP contribution >= 0.6 is 0 Å². The summed E-state index contributed by atoms with van der Waals surface area (Å²) < 4.78 is 11.0. The SMILES string of the molecule is CCNC(=NCCCN1C(=O)COc2ccccc21)NC1CCN(CC2CCOC2)CC1. The molecule has 1 unspecified atom stereocenters. The minimum absolute atomic E-state index is 0.00800. The van der Waals surface area contributed by atoms with Crippen molar-refractivity contribution >= 4 is 17.6 Å². The number of piperidine rings is 1. The first-order valence-electron chi connectivity index (χ1n) is 12.1. The number of aliphatic imine (C=N–C) groups is 1. The maximum absolute atomic E-state index is 12.3. The minimum Gasteiger partial charge on any atom is -0.482 e. The van der Waals surface area contributed by atoms with Crippen molar-refractivity contribution in [3.63, 3.8) is 0 Å². The molecule has 0 spiro atoms. The van der Waals surface area contributed by atoms with Crippen LogP contribution in [0.2, 0.25) is 0 Å². The first-order chi connectivity index (χ1) is 15.7. The van der Waals surface area contributed by atoms with Crippen molar-refractivity contribution in [2.45, 2.75) is 38.6 Å². The van der Waals surface area contributed by atoms with Gasteiger partial charge in [-0.1, -0.05) is 12.1 Å². The van der Waals surface area contributed by atoms with E-state index in [1.807, 2.05) is 29.2 Å². The molecule has 8 nitrogen and oxygen atoms in total. The van der Waals surface area contributed by atoms with Crippen LogP contribution in [0.3, 0.4) is 0 Å². The van der Waals surface area contributed by atoms with E-state index in [1.54, 1.807) is 0 Å². The highest BCUT2D eigenvalue weighted by Gasteiger charge is 2.25. The first kappa shape index (κ1) is 22.9. The lowest BCUT2D eigenvalue weighted by Gasteiger charge is -2.34. The van der Waals surface area contributed by atoms with Gasteiger partial charge in [0, 0.05) is 51.9 Å². The maximum atomic E-state index is 12.3. The summed E-state index contributed by atoms with van der Waals surface area (Å²) in [5, 5.41) is 6.99. The summed E-state index contributed by atoms with van der Waals surface area (Å²) in [4.78, 5) is 21.5. The molecule has 3 aliphatic heterocycles. The van der Waals surface area contributed by atoms with Crippen molar-refractivity contribution in [3.05, 3.63) is 24.3 Å². The van der Waals surface area contributed by atoms with Gasteiger partial charge in [-0.05, 0) is 50.7 Å². The summed E-state index contributed by atoms with van der Waals surface area (Å²) in [6, 6.07) is 8.17. The fraction of sp³-hybridized carbons (Fsp3) is 0.667. The number of para-hydroxylation sites is 2. The Labute approximate surface area is 191 Å². The maximum Gasteiger partial charge on any atom is 0.265 e. The Balaban J connectivity index is 1.22. The zero-order valence-corrected chi connectivity index (χ0v) is 19.2. The number of benzene rings is 1. The van der Waals surface area contributed by atoms with Gasteiger partial charge < -0.3 is 29.9 Å². The molecule has 4 rings (SSSR count). The zero-order chi connectivity index (χ0) is 22.2. The van der Waals surface area contributed by atoms with E-state index in [0.717, 1.165) is 69.5 Å². The average molecular weight is 444 g/mol. The summed E-state index contributed by atoms with van der Waals surface area (Å²) in [5.74, 6) is 2.37. The second-order valence-corrected chi connectivity index (χ2v) is 8.86. The number of anilines is 1. The van der Waals surface area contributed by atoms with Crippen LogP contribution in [0.1, 0.15) is 32.6 Å². The smallest absolute Gasteiger partial charge is 0.265 e. The number of carbonyl (C=O) groups is 1. The molecule has 1 atom stereocenters. The van der Waals surface area contributed by atoms with Crippen molar-refractivity contribution < 1.29 is 14.3 Å². The quantitative estimate of drug-likeness (QED) is 0.363. The van der Waals surface area contributed by atoms with E-state index < -0.39 is 0 Å². The highest BCUT2D eigenvalue weighted by Crippen LogP contribution is 2.31. The van der Waals surface area contributed by atoms with Gasteiger partial charge in [0.05, 0.1) is 12.3 Å². The van der Waals surface area contributed by atoms with E-state index in [9.17, 15) is 4.79 Å². The Kier molecular flexibility index (Phi) is 8.23. The van der Waals surface area contributed by atoms with Crippen molar-refractivity contribution in [1.29, 1.82) is 0 Å².